The van der Waals surface area contributed by atoms with Crippen molar-refractivity contribution in [1.82, 2.24) is 4.90 Å². The van der Waals surface area contributed by atoms with Crippen molar-refractivity contribution in [2.45, 2.75) is 38.8 Å². The summed E-state index contributed by atoms with van der Waals surface area (Å²) in [5.74, 6) is 0.147. The lowest BCUT2D eigenvalue weighted by atomic mass is 10.1. The number of methoxy groups -OCH3 is 1. The minimum absolute atomic E-state index is 0.199. The highest BCUT2D eigenvalue weighted by Crippen LogP contribution is 2.30. The van der Waals surface area contributed by atoms with Crippen molar-refractivity contribution >= 4 is 5.97 Å². The van der Waals surface area contributed by atoms with Gasteiger partial charge in [0.1, 0.15) is 5.75 Å². The van der Waals surface area contributed by atoms with Crippen LogP contribution in [0.5, 0.6) is 5.75 Å². The first-order valence-corrected chi connectivity index (χ1v) is 6.69. The van der Waals surface area contributed by atoms with Crippen molar-refractivity contribution in [1.29, 1.82) is 0 Å². The summed E-state index contributed by atoms with van der Waals surface area (Å²) in [4.78, 5) is 13.0. The zero-order valence-corrected chi connectivity index (χ0v) is 11.6. The molecule has 0 atom stereocenters. The van der Waals surface area contributed by atoms with Gasteiger partial charge in [-0.2, -0.15) is 0 Å². The number of benzene rings is 1. The van der Waals surface area contributed by atoms with Crippen LogP contribution in [0.4, 0.5) is 0 Å². The van der Waals surface area contributed by atoms with E-state index in [0.29, 0.717) is 12.6 Å². The van der Waals surface area contributed by atoms with Gasteiger partial charge in [0.15, 0.2) is 0 Å². The Morgan fingerprint density at radius 2 is 2.21 bits per heavy atom. The largest absolute Gasteiger partial charge is 0.496 e. The van der Waals surface area contributed by atoms with E-state index >= 15 is 0 Å². The molecule has 19 heavy (non-hydrogen) atoms. The zero-order chi connectivity index (χ0) is 13.8. The number of aliphatic carboxylic acids is 1. The van der Waals surface area contributed by atoms with E-state index in [9.17, 15) is 4.79 Å². The molecular weight excluding hydrogens is 242 g/mol. The molecule has 1 N–H and O–H groups in total. The first-order valence-electron chi connectivity index (χ1n) is 6.69. The Hall–Kier alpha value is -1.55. The molecule has 0 saturated heterocycles. The molecule has 1 saturated carbocycles. The SMILES string of the molecule is COc1ccc(C)cc1CN(CCC(=O)O)C1CC1. The fraction of sp³-hybridized carbons (Fsp3) is 0.533. The molecule has 0 aromatic heterocycles. The molecule has 0 heterocycles. The van der Waals surface area contributed by atoms with E-state index in [1.165, 1.54) is 18.4 Å². The quantitative estimate of drug-likeness (QED) is 0.821. The van der Waals surface area contributed by atoms with Gasteiger partial charge in [0.25, 0.3) is 0 Å². The minimum atomic E-state index is -0.734. The number of rotatable bonds is 7. The van der Waals surface area contributed by atoms with Crippen LogP contribution in [-0.2, 0) is 11.3 Å². The molecule has 0 radical (unpaired) electrons. The topological polar surface area (TPSA) is 49.8 Å². The summed E-state index contributed by atoms with van der Waals surface area (Å²) in [7, 11) is 1.67. The van der Waals surface area contributed by atoms with Crippen molar-refractivity contribution in [2.24, 2.45) is 0 Å². The van der Waals surface area contributed by atoms with Crippen molar-refractivity contribution in [2.75, 3.05) is 13.7 Å². The number of hydrogen-bond acceptors (Lipinski definition) is 3. The second kappa shape index (κ2) is 6.06. The standard InChI is InChI=1S/C15H21NO3/c1-11-3-6-14(19-2)12(9-11)10-16(13-4-5-13)8-7-15(17)18/h3,6,9,13H,4-5,7-8,10H2,1-2H3,(H,17,18). The summed E-state index contributed by atoms with van der Waals surface area (Å²) in [5, 5.41) is 8.82. The van der Waals surface area contributed by atoms with Gasteiger partial charge in [-0.05, 0) is 25.8 Å². The van der Waals surface area contributed by atoms with Gasteiger partial charge in [0.05, 0.1) is 13.5 Å². The number of aryl methyl sites for hydroxylation is 1. The third kappa shape index (κ3) is 3.96. The molecule has 1 aliphatic carbocycles. The van der Waals surface area contributed by atoms with Gasteiger partial charge >= 0.3 is 5.97 Å². The van der Waals surface area contributed by atoms with Crippen molar-refractivity contribution in [3.05, 3.63) is 29.3 Å². The van der Waals surface area contributed by atoms with Crippen LogP contribution in [0.25, 0.3) is 0 Å². The van der Waals surface area contributed by atoms with Crippen LogP contribution in [0.3, 0.4) is 0 Å². The van der Waals surface area contributed by atoms with Crippen LogP contribution < -0.4 is 4.74 Å². The van der Waals surface area contributed by atoms with Crippen molar-refractivity contribution in [3.63, 3.8) is 0 Å². The van der Waals surface area contributed by atoms with Crippen LogP contribution in [0.1, 0.15) is 30.4 Å². The van der Waals surface area contributed by atoms with Gasteiger partial charge in [0, 0.05) is 24.7 Å². The fourth-order valence-electron chi connectivity index (χ4n) is 2.32. The summed E-state index contributed by atoms with van der Waals surface area (Å²) >= 11 is 0. The molecule has 1 aliphatic rings. The summed E-state index contributed by atoms with van der Waals surface area (Å²) in [6.07, 6.45) is 2.55. The van der Waals surface area contributed by atoms with Gasteiger partial charge in [-0.3, -0.25) is 9.69 Å². The summed E-state index contributed by atoms with van der Waals surface area (Å²) in [6.45, 7) is 3.43. The Morgan fingerprint density at radius 1 is 1.47 bits per heavy atom. The van der Waals surface area contributed by atoms with E-state index in [0.717, 1.165) is 17.9 Å². The zero-order valence-electron chi connectivity index (χ0n) is 11.6. The fourth-order valence-corrected chi connectivity index (χ4v) is 2.32. The number of hydrogen-bond donors (Lipinski definition) is 1. The highest BCUT2D eigenvalue weighted by atomic mass is 16.5. The van der Waals surface area contributed by atoms with Gasteiger partial charge < -0.3 is 9.84 Å². The molecule has 4 nitrogen and oxygen atoms in total. The Bertz CT molecular complexity index is 455. The van der Waals surface area contributed by atoms with Gasteiger partial charge in [-0.15, -0.1) is 0 Å². The maximum Gasteiger partial charge on any atom is 0.304 e. The highest BCUT2D eigenvalue weighted by Gasteiger charge is 2.29. The van der Waals surface area contributed by atoms with Gasteiger partial charge in [-0.25, -0.2) is 0 Å². The molecule has 1 fully saturated rings. The molecule has 4 heteroatoms. The molecule has 0 bridgehead atoms. The third-order valence-corrected chi connectivity index (χ3v) is 3.49. The average Bonchev–Trinajstić information content (AvgIpc) is 3.18. The molecule has 0 aliphatic heterocycles. The van der Waals surface area contributed by atoms with E-state index in [2.05, 4.69) is 17.9 Å². The maximum atomic E-state index is 10.7. The van der Waals surface area contributed by atoms with Crippen LogP contribution >= 0.6 is 0 Å². The molecule has 1 aromatic carbocycles. The van der Waals surface area contributed by atoms with Gasteiger partial charge in [0.2, 0.25) is 0 Å². The first kappa shape index (κ1) is 13.9. The van der Waals surface area contributed by atoms with Crippen LogP contribution in [0.2, 0.25) is 0 Å². The lowest BCUT2D eigenvalue weighted by Gasteiger charge is -2.22. The monoisotopic (exact) mass is 263 g/mol. The predicted molar refractivity (Wildman–Crippen MR) is 73.4 cm³/mol. The van der Waals surface area contributed by atoms with Crippen molar-refractivity contribution < 1.29 is 14.6 Å². The van der Waals surface area contributed by atoms with E-state index in [4.69, 9.17) is 9.84 Å². The minimum Gasteiger partial charge on any atom is -0.496 e. The Morgan fingerprint density at radius 3 is 2.79 bits per heavy atom. The van der Waals surface area contributed by atoms with Crippen LogP contribution in [0.15, 0.2) is 18.2 Å². The summed E-state index contributed by atoms with van der Waals surface area (Å²) in [5.41, 5.74) is 2.34. The first-order chi connectivity index (χ1) is 9.10. The summed E-state index contributed by atoms with van der Waals surface area (Å²) < 4.78 is 5.38. The third-order valence-electron chi connectivity index (χ3n) is 3.49. The Labute approximate surface area is 114 Å². The molecule has 104 valence electrons. The normalized spacial score (nSPS) is 14.7. The number of nitrogens with zero attached hydrogens (tertiary/aromatic N) is 1. The smallest absolute Gasteiger partial charge is 0.304 e. The van der Waals surface area contributed by atoms with E-state index < -0.39 is 5.97 Å². The number of carboxylic acid groups (broad SMARTS) is 1. The second-order valence-corrected chi connectivity index (χ2v) is 5.16. The lowest BCUT2D eigenvalue weighted by Crippen LogP contribution is -2.28. The van der Waals surface area contributed by atoms with Crippen molar-refractivity contribution in [3.8, 4) is 5.75 Å². The van der Waals surface area contributed by atoms with Gasteiger partial charge in [-0.1, -0.05) is 17.7 Å². The lowest BCUT2D eigenvalue weighted by molar-refractivity contribution is -0.137. The summed E-state index contributed by atoms with van der Waals surface area (Å²) in [6, 6.07) is 6.67. The number of carbonyl (C=O) groups is 1. The maximum absolute atomic E-state index is 10.7. The molecule has 0 amide bonds. The Balaban J connectivity index is 2.07. The van der Waals surface area contributed by atoms with Crippen LogP contribution in [-0.4, -0.2) is 35.7 Å². The van der Waals surface area contributed by atoms with Crippen LogP contribution in [0, 0.1) is 6.92 Å². The highest BCUT2D eigenvalue weighted by molar-refractivity contribution is 5.66. The molecule has 0 unspecified atom stereocenters. The molecule has 2 rings (SSSR count). The van der Waals surface area contributed by atoms with E-state index in [1.807, 2.05) is 12.1 Å². The molecular formula is C15H21NO3. The average molecular weight is 263 g/mol. The number of ether oxygens (including phenoxy) is 1. The number of carboxylic acids is 1. The molecule has 1 aromatic rings. The van der Waals surface area contributed by atoms with E-state index in [-0.39, 0.29) is 6.42 Å². The predicted octanol–water partition coefficient (Wildman–Crippen LogP) is 2.44. The second-order valence-electron chi connectivity index (χ2n) is 5.16. The molecule has 0 spiro atoms. The Kier molecular flexibility index (Phi) is 4.43. The van der Waals surface area contributed by atoms with E-state index in [1.54, 1.807) is 7.11 Å².